The zero-order valence-corrected chi connectivity index (χ0v) is 7.58. The second kappa shape index (κ2) is 4.04. The maximum atomic E-state index is 11.1. The second-order valence-corrected chi connectivity index (χ2v) is 3.86. The summed E-state index contributed by atoms with van der Waals surface area (Å²) in [7, 11) is 0. The Balaban J connectivity index is 2.55. The normalized spacial score (nSPS) is 19.2. The van der Waals surface area contributed by atoms with Gasteiger partial charge in [0.05, 0.1) is 13.2 Å². The topological polar surface area (TPSA) is 40.5 Å². The van der Waals surface area contributed by atoms with Crippen LogP contribution in [0.25, 0.3) is 0 Å². The van der Waals surface area contributed by atoms with Crippen molar-refractivity contribution in [2.24, 2.45) is 0 Å². The highest BCUT2D eigenvalue weighted by molar-refractivity contribution is 8.23. The van der Waals surface area contributed by atoms with Crippen LogP contribution >= 0.6 is 24.0 Å². The summed E-state index contributed by atoms with van der Waals surface area (Å²) in [5, 5.41) is 8.59. The molecule has 62 valence electrons. The first kappa shape index (κ1) is 8.96. The Kier molecular flexibility index (Phi) is 3.29. The Hall–Kier alpha value is -0.130. The predicted octanol–water partition coefficient (Wildman–Crippen LogP) is 0.229. The molecule has 1 aliphatic rings. The molecule has 0 radical (unpaired) electrons. The monoisotopic (exact) mass is 191 g/mol. The predicted molar refractivity (Wildman–Crippen MR) is 48.5 cm³/mol. The fourth-order valence-electron chi connectivity index (χ4n) is 0.856. The average molecular weight is 191 g/mol. The molecule has 0 saturated carbocycles. The summed E-state index contributed by atoms with van der Waals surface area (Å²) in [6, 6.07) is 0. The Morgan fingerprint density at radius 2 is 2.45 bits per heavy atom. The molecule has 0 aromatic rings. The van der Waals surface area contributed by atoms with Gasteiger partial charge in [0.1, 0.15) is 4.32 Å². The molecule has 0 bridgehead atoms. The van der Waals surface area contributed by atoms with E-state index >= 15 is 0 Å². The number of β-amino-alcohol motifs (C(OH)–C–C–N with tert-alkyl or cyclic N) is 1. The fourth-order valence-corrected chi connectivity index (χ4v) is 2.10. The molecule has 11 heavy (non-hydrogen) atoms. The van der Waals surface area contributed by atoms with E-state index in [2.05, 4.69) is 0 Å². The number of amides is 1. The van der Waals surface area contributed by atoms with Crippen LogP contribution < -0.4 is 0 Å². The van der Waals surface area contributed by atoms with Crippen molar-refractivity contribution < 1.29 is 9.90 Å². The number of aliphatic hydroxyl groups is 1. The van der Waals surface area contributed by atoms with E-state index < -0.39 is 0 Å². The highest BCUT2D eigenvalue weighted by atomic mass is 32.2. The van der Waals surface area contributed by atoms with Gasteiger partial charge in [-0.2, -0.15) is 0 Å². The van der Waals surface area contributed by atoms with Gasteiger partial charge in [0.2, 0.25) is 5.91 Å². The van der Waals surface area contributed by atoms with Gasteiger partial charge in [0, 0.05) is 12.2 Å². The van der Waals surface area contributed by atoms with Gasteiger partial charge in [-0.1, -0.05) is 24.0 Å². The summed E-state index contributed by atoms with van der Waals surface area (Å²) in [5.41, 5.74) is 0. The number of carbonyl (C=O) groups excluding carboxylic acids is 1. The molecule has 0 unspecified atom stereocenters. The molecular weight excluding hydrogens is 182 g/mol. The van der Waals surface area contributed by atoms with Crippen LogP contribution in [0, 0.1) is 0 Å². The van der Waals surface area contributed by atoms with Gasteiger partial charge >= 0.3 is 0 Å². The molecule has 0 aromatic heterocycles. The standard InChI is InChI=1S/C6H9NO2S2/c8-3-2-7-5(9)1-4-11-6(7)10/h8H,1-4H2. The van der Waals surface area contributed by atoms with Crippen molar-refractivity contribution in [2.75, 3.05) is 18.9 Å². The largest absolute Gasteiger partial charge is 0.395 e. The quantitative estimate of drug-likeness (QED) is 0.634. The Morgan fingerprint density at radius 3 is 3.00 bits per heavy atom. The van der Waals surface area contributed by atoms with E-state index in [1.807, 2.05) is 0 Å². The maximum absolute atomic E-state index is 11.1. The van der Waals surface area contributed by atoms with Crippen LogP contribution in [0.5, 0.6) is 0 Å². The molecule has 0 atom stereocenters. The van der Waals surface area contributed by atoms with E-state index in [0.717, 1.165) is 5.75 Å². The zero-order valence-electron chi connectivity index (χ0n) is 5.95. The van der Waals surface area contributed by atoms with Crippen molar-refractivity contribution in [3.63, 3.8) is 0 Å². The third-order valence-electron chi connectivity index (χ3n) is 1.39. The SMILES string of the molecule is O=C1CCSC(=S)N1CCO. The molecule has 1 saturated heterocycles. The lowest BCUT2D eigenvalue weighted by atomic mass is 10.4. The number of thioether (sulfide) groups is 1. The molecule has 3 nitrogen and oxygen atoms in total. The van der Waals surface area contributed by atoms with E-state index in [1.165, 1.54) is 16.7 Å². The van der Waals surface area contributed by atoms with Crippen LogP contribution in [-0.2, 0) is 4.79 Å². The third kappa shape index (κ3) is 2.15. The summed E-state index contributed by atoms with van der Waals surface area (Å²) in [6.07, 6.45) is 0.533. The van der Waals surface area contributed by atoms with Gasteiger partial charge in [0.25, 0.3) is 0 Å². The lowest BCUT2D eigenvalue weighted by molar-refractivity contribution is -0.127. The number of hydrogen-bond acceptors (Lipinski definition) is 4. The molecule has 1 heterocycles. The zero-order chi connectivity index (χ0) is 8.27. The van der Waals surface area contributed by atoms with Gasteiger partial charge < -0.3 is 5.11 Å². The lowest BCUT2D eigenvalue weighted by Gasteiger charge is -2.25. The van der Waals surface area contributed by atoms with E-state index in [1.54, 1.807) is 0 Å². The number of thiocarbonyl (C=S) groups is 1. The molecule has 0 aromatic carbocycles. The highest BCUT2D eigenvalue weighted by Crippen LogP contribution is 2.17. The van der Waals surface area contributed by atoms with Crippen LogP contribution in [0.1, 0.15) is 6.42 Å². The Labute approximate surface area is 74.8 Å². The molecule has 1 N–H and O–H groups in total. The molecule has 1 amide bonds. The Bertz CT molecular complexity index is 167. The van der Waals surface area contributed by atoms with Crippen molar-refractivity contribution in [3.05, 3.63) is 0 Å². The maximum Gasteiger partial charge on any atom is 0.228 e. The highest BCUT2D eigenvalue weighted by Gasteiger charge is 2.22. The first-order valence-corrected chi connectivity index (χ1v) is 4.73. The first-order valence-electron chi connectivity index (χ1n) is 3.33. The van der Waals surface area contributed by atoms with Gasteiger partial charge in [-0.05, 0) is 0 Å². The van der Waals surface area contributed by atoms with Gasteiger partial charge in [0.15, 0.2) is 0 Å². The summed E-state index contributed by atoms with van der Waals surface area (Å²) in [5.74, 6) is 0.808. The van der Waals surface area contributed by atoms with Crippen LogP contribution in [0.3, 0.4) is 0 Å². The van der Waals surface area contributed by atoms with Gasteiger partial charge in [-0.3, -0.25) is 9.69 Å². The first-order chi connectivity index (χ1) is 5.25. The van der Waals surface area contributed by atoms with Gasteiger partial charge in [-0.25, -0.2) is 0 Å². The number of aliphatic hydroxyl groups excluding tert-OH is 1. The minimum atomic E-state index is -0.0214. The van der Waals surface area contributed by atoms with E-state index in [0.29, 0.717) is 17.3 Å². The van der Waals surface area contributed by atoms with Crippen LogP contribution in [0.15, 0.2) is 0 Å². The molecule has 5 heteroatoms. The summed E-state index contributed by atoms with van der Waals surface area (Å²) < 4.78 is 0.593. The van der Waals surface area contributed by atoms with Crippen molar-refractivity contribution in [1.82, 2.24) is 4.90 Å². The molecule has 0 spiro atoms. The van der Waals surface area contributed by atoms with Crippen molar-refractivity contribution in [3.8, 4) is 0 Å². The fraction of sp³-hybridized carbons (Fsp3) is 0.667. The molecular formula is C6H9NO2S2. The number of carbonyl (C=O) groups is 1. The summed E-state index contributed by atoms with van der Waals surface area (Å²) in [4.78, 5) is 12.6. The third-order valence-corrected chi connectivity index (χ3v) is 2.84. The van der Waals surface area contributed by atoms with Crippen LogP contribution in [0.4, 0.5) is 0 Å². The number of nitrogens with zero attached hydrogens (tertiary/aromatic N) is 1. The Morgan fingerprint density at radius 1 is 1.73 bits per heavy atom. The van der Waals surface area contributed by atoms with E-state index in [4.69, 9.17) is 17.3 Å². The van der Waals surface area contributed by atoms with E-state index in [9.17, 15) is 4.79 Å². The smallest absolute Gasteiger partial charge is 0.228 e. The second-order valence-electron chi connectivity index (χ2n) is 2.13. The number of hydrogen-bond donors (Lipinski definition) is 1. The molecule has 1 fully saturated rings. The molecule has 1 rings (SSSR count). The number of rotatable bonds is 2. The summed E-state index contributed by atoms with van der Waals surface area (Å²) >= 11 is 6.42. The molecule has 0 aliphatic carbocycles. The van der Waals surface area contributed by atoms with Crippen molar-refractivity contribution in [2.45, 2.75) is 6.42 Å². The van der Waals surface area contributed by atoms with Crippen molar-refractivity contribution in [1.29, 1.82) is 0 Å². The minimum Gasteiger partial charge on any atom is -0.395 e. The summed E-state index contributed by atoms with van der Waals surface area (Å²) in [6.45, 7) is 0.317. The van der Waals surface area contributed by atoms with Crippen LogP contribution in [0.2, 0.25) is 0 Å². The molecule has 1 aliphatic heterocycles. The lowest BCUT2D eigenvalue weighted by Crippen LogP contribution is -2.39. The average Bonchev–Trinajstić information content (AvgIpc) is 1.97. The van der Waals surface area contributed by atoms with E-state index in [-0.39, 0.29) is 12.5 Å². The van der Waals surface area contributed by atoms with Crippen molar-refractivity contribution >= 4 is 34.2 Å². The van der Waals surface area contributed by atoms with Crippen LogP contribution in [-0.4, -0.2) is 39.1 Å². The minimum absolute atomic E-state index is 0.0214. The van der Waals surface area contributed by atoms with Gasteiger partial charge in [-0.15, -0.1) is 0 Å².